The van der Waals surface area contributed by atoms with E-state index in [1.54, 1.807) is 0 Å². The number of aryl methyl sites for hydroxylation is 1. The molecule has 4 nitrogen and oxygen atoms in total. The molecule has 0 amide bonds. The summed E-state index contributed by atoms with van der Waals surface area (Å²) in [6, 6.07) is 1.03. The summed E-state index contributed by atoms with van der Waals surface area (Å²) < 4.78 is 1.97. The minimum absolute atomic E-state index is 0.320. The summed E-state index contributed by atoms with van der Waals surface area (Å²) in [5.74, 6) is 0.738. The maximum Gasteiger partial charge on any atom is 0.0540 e. The van der Waals surface area contributed by atoms with E-state index in [9.17, 15) is 0 Å². The van der Waals surface area contributed by atoms with Crippen LogP contribution in [0.3, 0.4) is 0 Å². The van der Waals surface area contributed by atoms with Crippen molar-refractivity contribution in [2.24, 2.45) is 18.7 Å². The quantitative estimate of drug-likeness (QED) is 0.840. The second-order valence-corrected chi connectivity index (χ2v) is 6.92. The fraction of sp³-hybridized carbons (Fsp3) is 0.824. The largest absolute Gasteiger partial charge is 0.329 e. The van der Waals surface area contributed by atoms with Gasteiger partial charge in [-0.05, 0) is 38.6 Å². The molecule has 0 aromatic carbocycles. The molecule has 120 valence electrons. The zero-order valence-electron chi connectivity index (χ0n) is 14.2. The fourth-order valence-electron chi connectivity index (χ4n) is 3.52. The molecular weight excluding hydrogens is 260 g/mol. The molecule has 1 aromatic heterocycles. The van der Waals surface area contributed by atoms with Crippen LogP contribution in [0.1, 0.15) is 63.3 Å². The molecule has 1 unspecified atom stereocenters. The first-order valence-electron chi connectivity index (χ1n) is 8.48. The lowest BCUT2D eigenvalue weighted by Crippen LogP contribution is -2.41. The Kier molecular flexibility index (Phi) is 5.82. The van der Waals surface area contributed by atoms with E-state index in [0.717, 1.165) is 12.5 Å². The molecule has 1 aromatic rings. The van der Waals surface area contributed by atoms with Crippen LogP contribution in [-0.4, -0.2) is 33.8 Å². The van der Waals surface area contributed by atoms with Gasteiger partial charge in [0.05, 0.1) is 12.2 Å². The van der Waals surface area contributed by atoms with E-state index >= 15 is 0 Å². The molecule has 1 saturated carbocycles. The van der Waals surface area contributed by atoms with Crippen LogP contribution in [0.2, 0.25) is 0 Å². The third-order valence-corrected chi connectivity index (χ3v) is 5.01. The number of hydrogen-bond acceptors (Lipinski definition) is 3. The van der Waals surface area contributed by atoms with Crippen LogP contribution < -0.4 is 5.73 Å². The van der Waals surface area contributed by atoms with E-state index < -0.39 is 0 Å². The van der Waals surface area contributed by atoms with E-state index in [0.29, 0.717) is 18.6 Å². The van der Waals surface area contributed by atoms with Crippen molar-refractivity contribution in [3.05, 3.63) is 17.5 Å². The van der Waals surface area contributed by atoms with E-state index in [4.69, 9.17) is 5.73 Å². The van der Waals surface area contributed by atoms with Crippen LogP contribution in [0, 0.1) is 12.8 Å². The van der Waals surface area contributed by atoms with Gasteiger partial charge in [-0.1, -0.05) is 26.7 Å². The highest BCUT2D eigenvalue weighted by molar-refractivity contribution is 5.21. The second-order valence-electron chi connectivity index (χ2n) is 6.92. The summed E-state index contributed by atoms with van der Waals surface area (Å²) in [7, 11) is 2.01. The summed E-state index contributed by atoms with van der Waals surface area (Å²) in [4.78, 5) is 2.68. The molecule has 0 aliphatic heterocycles. The van der Waals surface area contributed by atoms with E-state index in [-0.39, 0.29) is 0 Å². The number of nitrogens with two attached hydrogens (primary N) is 1. The Morgan fingerprint density at radius 2 is 2.05 bits per heavy atom. The van der Waals surface area contributed by atoms with Crippen molar-refractivity contribution in [3.63, 3.8) is 0 Å². The van der Waals surface area contributed by atoms with Crippen molar-refractivity contribution < 1.29 is 0 Å². The molecule has 0 radical (unpaired) electrons. The summed E-state index contributed by atoms with van der Waals surface area (Å²) in [5, 5.41) is 4.42. The number of nitrogens with zero attached hydrogens (tertiary/aromatic N) is 3. The third kappa shape index (κ3) is 3.86. The van der Waals surface area contributed by atoms with Crippen LogP contribution >= 0.6 is 0 Å². The predicted octanol–water partition coefficient (Wildman–Crippen LogP) is 3.02. The Morgan fingerprint density at radius 1 is 1.38 bits per heavy atom. The number of hydrogen-bond donors (Lipinski definition) is 1. The Balaban J connectivity index is 2.20. The van der Waals surface area contributed by atoms with Crippen molar-refractivity contribution >= 4 is 0 Å². The van der Waals surface area contributed by atoms with Gasteiger partial charge >= 0.3 is 0 Å². The highest BCUT2D eigenvalue weighted by Gasteiger charge is 2.30. The van der Waals surface area contributed by atoms with Gasteiger partial charge in [0.25, 0.3) is 0 Å². The standard InChI is InChI=1S/C17H32N4/c1-13(2)9-10-21(15-7-5-6-8-15)17(11-18)16-12-19-20(4)14(16)3/h12-13,15,17H,5-11,18H2,1-4H3. The van der Waals surface area contributed by atoms with E-state index in [2.05, 4.69) is 30.8 Å². The normalized spacial score (nSPS) is 18.0. The van der Waals surface area contributed by atoms with Gasteiger partial charge in [0, 0.05) is 30.9 Å². The average Bonchev–Trinajstić information content (AvgIpc) is 3.07. The molecule has 2 rings (SSSR count). The first-order valence-corrected chi connectivity index (χ1v) is 8.48. The van der Waals surface area contributed by atoms with Gasteiger partial charge < -0.3 is 5.73 Å². The molecule has 1 aliphatic rings. The van der Waals surface area contributed by atoms with Crippen molar-refractivity contribution in [2.45, 2.75) is 65.0 Å². The fourth-order valence-corrected chi connectivity index (χ4v) is 3.52. The molecule has 1 atom stereocenters. The first-order chi connectivity index (χ1) is 10.0. The molecule has 0 spiro atoms. The Labute approximate surface area is 129 Å². The zero-order chi connectivity index (χ0) is 15.4. The second kappa shape index (κ2) is 7.41. The van der Waals surface area contributed by atoms with Crippen LogP contribution in [0.25, 0.3) is 0 Å². The minimum Gasteiger partial charge on any atom is -0.329 e. The summed E-state index contributed by atoms with van der Waals surface area (Å²) in [6.45, 7) is 8.60. The van der Waals surface area contributed by atoms with Gasteiger partial charge in [-0.3, -0.25) is 9.58 Å². The Bertz CT molecular complexity index is 432. The van der Waals surface area contributed by atoms with Gasteiger partial charge in [0.2, 0.25) is 0 Å². The van der Waals surface area contributed by atoms with Crippen LogP contribution in [0.15, 0.2) is 6.20 Å². The van der Waals surface area contributed by atoms with Crippen molar-refractivity contribution in [3.8, 4) is 0 Å². The van der Waals surface area contributed by atoms with Gasteiger partial charge in [-0.15, -0.1) is 0 Å². The Hall–Kier alpha value is -0.870. The van der Waals surface area contributed by atoms with E-state index in [1.807, 2.05) is 17.9 Å². The van der Waals surface area contributed by atoms with Crippen molar-refractivity contribution in [1.29, 1.82) is 0 Å². The van der Waals surface area contributed by atoms with Gasteiger partial charge in [-0.2, -0.15) is 5.10 Å². The SMILES string of the molecule is Cc1c(C(CN)N(CCC(C)C)C2CCCC2)cnn1C. The van der Waals surface area contributed by atoms with Gasteiger partial charge in [-0.25, -0.2) is 0 Å². The van der Waals surface area contributed by atoms with E-state index in [1.165, 1.54) is 43.4 Å². The van der Waals surface area contributed by atoms with Crippen molar-refractivity contribution in [2.75, 3.05) is 13.1 Å². The molecule has 1 aliphatic carbocycles. The topological polar surface area (TPSA) is 47.1 Å². The molecule has 2 N–H and O–H groups in total. The molecule has 4 heteroatoms. The van der Waals surface area contributed by atoms with Crippen molar-refractivity contribution in [1.82, 2.24) is 14.7 Å². The molecule has 1 fully saturated rings. The minimum atomic E-state index is 0.320. The molecule has 21 heavy (non-hydrogen) atoms. The third-order valence-electron chi connectivity index (χ3n) is 5.01. The lowest BCUT2D eigenvalue weighted by molar-refractivity contribution is 0.130. The number of rotatable bonds is 7. The smallest absolute Gasteiger partial charge is 0.0540 e. The maximum atomic E-state index is 6.18. The molecule has 0 bridgehead atoms. The molecule has 1 heterocycles. The highest BCUT2D eigenvalue weighted by Crippen LogP contribution is 2.32. The zero-order valence-corrected chi connectivity index (χ0v) is 14.2. The predicted molar refractivity (Wildman–Crippen MR) is 88.2 cm³/mol. The van der Waals surface area contributed by atoms with Gasteiger partial charge in [0.15, 0.2) is 0 Å². The highest BCUT2D eigenvalue weighted by atomic mass is 15.3. The Morgan fingerprint density at radius 3 is 2.52 bits per heavy atom. The lowest BCUT2D eigenvalue weighted by Gasteiger charge is -2.36. The van der Waals surface area contributed by atoms with Crippen LogP contribution in [0.4, 0.5) is 0 Å². The summed E-state index contributed by atoms with van der Waals surface area (Å²) in [6.07, 6.45) is 8.65. The summed E-state index contributed by atoms with van der Waals surface area (Å²) in [5.41, 5.74) is 8.74. The molecule has 0 saturated heterocycles. The number of aromatic nitrogens is 2. The lowest BCUT2D eigenvalue weighted by atomic mass is 10.0. The average molecular weight is 292 g/mol. The van der Waals surface area contributed by atoms with Gasteiger partial charge in [0.1, 0.15) is 0 Å². The molecular formula is C17H32N4. The monoisotopic (exact) mass is 292 g/mol. The van der Waals surface area contributed by atoms with Crippen LogP contribution in [0.5, 0.6) is 0 Å². The first kappa shape index (κ1) is 16.5. The van der Waals surface area contributed by atoms with Crippen LogP contribution in [-0.2, 0) is 7.05 Å². The maximum absolute atomic E-state index is 6.18. The summed E-state index contributed by atoms with van der Waals surface area (Å²) >= 11 is 0.